The molecule has 0 aromatic carbocycles. The minimum Gasteiger partial charge on any atom is -0.275 e. The highest BCUT2D eigenvalue weighted by molar-refractivity contribution is 8.13. The van der Waals surface area contributed by atoms with Crippen molar-refractivity contribution in [3.05, 3.63) is 0 Å². The fraction of sp³-hybridized carbons (Fsp3) is 0.600. The summed E-state index contributed by atoms with van der Waals surface area (Å²) < 4.78 is 0. The molecule has 0 saturated carbocycles. The van der Waals surface area contributed by atoms with Gasteiger partial charge in [0, 0.05) is 6.54 Å². The van der Waals surface area contributed by atoms with Gasteiger partial charge in [0.15, 0.2) is 5.17 Å². The van der Waals surface area contributed by atoms with Gasteiger partial charge < -0.3 is 0 Å². The van der Waals surface area contributed by atoms with E-state index in [1.807, 2.05) is 13.2 Å². The van der Waals surface area contributed by atoms with Crippen molar-refractivity contribution in [2.45, 2.75) is 6.92 Å². The van der Waals surface area contributed by atoms with Crippen molar-refractivity contribution in [2.24, 2.45) is 10.1 Å². The van der Waals surface area contributed by atoms with Crippen LogP contribution in [0.1, 0.15) is 6.92 Å². The summed E-state index contributed by atoms with van der Waals surface area (Å²) in [7, 11) is 0. The average Bonchev–Trinajstić information content (AvgIpc) is 2.07. The smallest absolute Gasteiger partial charge is 0.231 e. The number of hydrogen-bond donors (Lipinski definition) is 3. The summed E-state index contributed by atoms with van der Waals surface area (Å²) in [6, 6.07) is 0. The number of hydrogen-bond acceptors (Lipinski definition) is 4. The number of thioether (sulfide) groups is 1. The van der Waals surface area contributed by atoms with E-state index in [1.165, 1.54) is 11.8 Å². The molecule has 0 aliphatic carbocycles. The summed E-state index contributed by atoms with van der Waals surface area (Å²) >= 11 is 1.52. The summed E-state index contributed by atoms with van der Waals surface area (Å²) in [4.78, 5) is 4.07. The van der Waals surface area contributed by atoms with E-state index in [-0.39, 0.29) is 0 Å². The van der Waals surface area contributed by atoms with Gasteiger partial charge in [-0.1, -0.05) is 11.8 Å². The van der Waals surface area contributed by atoms with Crippen LogP contribution in [-0.2, 0) is 0 Å². The molecule has 0 bridgehead atoms. The number of amidine groups is 1. The molecule has 11 heavy (non-hydrogen) atoms. The first-order valence-corrected chi connectivity index (χ1v) is 4.53. The third-order valence-electron chi connectivity index (χ3n) is 1.06. The van der Waals surface area contributed by atoms with E-state index in [0.717, 1.165) is 11.7 Å². The van der Waals surface area contributed by atoms with E-state index < -0.39 is 0 Å². The summed E-state index contributed by atoms with van der Waals surface area (Å²) in [6.07, 6.45) is 1.94. The molecule has 0 aromatic rings. The molecule has 0 fully saturated rings. The van der Waals surface area contributed by atoms with E-state index in [9.17, 15) is 0 Å². The molecule has 0 atom stereocenters. The highest BCUT2D eigenvalue weighted by atomic mass is 32.2. The number of nitrogens with zero attached hydrogens (tertiary/aromatic N) is 2. The Bertz CT molecular complexity index is 187. The lowest BCUT2D eigenvalue weighted by Gasteiger charge is -2.16. The Morgan fingerprint density at radius 2 is 2.36 bits per heavy atom. The van der Waals surface area contributed by atoms with Crippen molar-refractivity contribution in [3.63, 3.8) is 0 Å². The lowest BCUT2D eigenvalue weighted by atomic mass is 10.8. The summed E-state index contributed by atoms with van der Waals surface area (Å²) in [5, 5.41) is 4.78. The number of hydrazone groups is 1. The number of hydrazine groups is 1. The Labute approximate surface area is 69.7 Å². The molecule has 5 nitrogen and oxygen atoms in total. The lowest BCUT2D eigenvalue weighted by molar-refractivity contribution is 0.761. The first kappa shape index (κ1) is 8.19. The fourth-order valence-electron chi connectivity index (χ4n) is 0.602. The zero-order chi connectivity index (χ0) is 8.10. The van der Waals surface area contributed by atoms with Crippen molar-refractivity contribution in [1.82, 2.24) is 16.3 Å². The van der Waals surface area contributed by atoms with Crippen LogP contribution in [0.4, 0.5) is 0 Å². The first-order chi connectivity index (χ1) is 5.36. The van der Waals surface area contributed by atoms with Crippen LogP contribution < -0.4 is 16.3 Å². The van der Waals surface area contributed by atoms with Crippen LogP contribution in [0.3, 0.4) is 0 Å². The van der Waals surface area contributed by atoms with Gasteiger partial charge >= 0.3 is 0 Å². The Morgan fingerprint density at radius 1 is 1.55 bits per heavy atom. The Morgan fingerprint density at radius 3 is 2.82 bits per heavy atom. The highest BCUT2D eigenvalue weighted by Crippen LogP contribution is 1.93. The highest BCUT2D eigenvalue weighted by Gasteiger charge is 2.04. The molecule has 3 N–H and O–H groups in total. The zero-order valence-corrected chi connectivity index (χ0v) is 7.33. The predicted molar refractivity (Wildman–Crippen MR) is 48.3 cm³/mol. The lowest BCUT2D eigenvalue weighted by Crippen LogP contribution is -2.51. The summed E-state index contributed by atoms with van der Waals surface area (Å²) in [6.45, 7) is 2.70. The maximum Gasteiger partial charge on any atom is 0.231 e. The molecule has 1 aliphatic rings. The van der Waals surface area contributed by atoms with Crippen LogP contribution in [0.5, 0.6) is 0 Å². The molecular weight excluding hydrogens is 162 g/mol. The molecule has 1 aliphatic heterocycles. The first-order valence-electron chi connectivity index (χ1n) is 3.31. The number of rotatable bonds is 1. The maximum absolute atomic E-state index is 4.07. The van der Waals surface area contributed by atoms with Crippen LogP contribution in [0, 0.1) is 0 Å². The molecule has 1 heterocycles. The second kappa shape index (κ2) is 4.07. The predicted octanol–water partition coefficient (Wildman–Crippen LogP) is -0.306. The van der Waals surface area contributed by atoms with E-state index in [4.69, 9.17) is 0 Å². The van der Waals surface area contributed by atoms with Crippen molar-refractivity contribution in [3.8, 4) is 0 Å². The molecule has 0 radical (unpaired) electrons. The molecular formula is C5H11N5S. The van der Waals surface area contributed by atoms with Crippen LogP contribution in [0.15, 0.2) is 10.1 Å². The Hall–Kier alpha value is -0.910. The van der Waals surface area contributed by atoms with Gasteiger partial charge in [-0.05, 0) is 13.2 Å². The summed E-state index contributed by atoms with van der Waals surface area (Å²) in [5.74, 6) is 0.658. The summed E-state index contributed by atoms with van der Waals surface area (Å²) in [5.41, 5.74) is 8.50. The van der Waals surface area contributed by atoms with Crippen molar-refractivity contribution >= 4 is 22.9 Å². The number of guanidine groups is 1. The van der Waals surface area contributed by atoms with Crippen LogP contribution in [0.25, 0.3) is 0 Å². The van der Waals surface area contributed by atoms with E-state index in [2.05, 4.69) is 26.4 Å². The molecule has 0 aromatic heterocycles. The van der Waals surface area contributed by atoms with E-state index >= 15 is 0 Å². The minimum absolute atomic E-state index is 0.658. The zero-order valence-electron chi connectivity index (χ0n) is 6.51. The normalized spacial score (nSPS) is 19.8. The minimum atomic E-state index is 0.658. The molecule has 62 valence electrons. The van der Waals surface area contributed by atoms with E-state index in [1.54, 1.807) is 0 Å². The maximum atomic E-state index is 4.07. The Kier molecular flexibility index (Phi) is 3.03. The second-order valence-electron chi connectivity index (χ2n) is 1.81. The van der Waals surface area contributed by atoms with Gasteiger partial charge in [0.1, 0.15) is 0 Å². The molecule has 0 saturated heterocycles. The van der Waals surface area contributed by atoms with Gasteiger partial charge in [-0.3, -0.25) is 15.8 Å². The van der Waals surface area contributed by atoms with Gasteiger partial charge in [0.05, 0.1) is 0 Å². The SMILES string of the molecule is CCN=C1NN=C(SC)NN1. The van der Waals surface area contributed by atoms with E-state index in [0.29, 0.717) is 5.96 Å². The van der Waals surface area contributed by atoms with Gasteiger partial charge in [-0.2, -0.15) is 0 Å². The van der Waals surface area contributed by atoms with Crippen molar-refractivity contribution in [1.29, 1.82) is 0 Å². The largest absolute Gasteiger partial charge is 0.275 e. The van der Waals surface area contributed by atoms with Crippen molar-refractivity contribution < 1.29 is 0 Å². The third kappa shape index (κ3) is 2.30. The molecule has 0 spiro atoms. The number of aliphatic imine (C=N–C) groups is 1. The fourth-order valence-corrected chi connectivity index (χ4v) is 0.892. The standard InChI is InChI=1S/C5H11N5S/c1-3-6-4-7-9-5(11-2)10-8-4/h3H2,1-2H3,(H,9,10)(H2,6,7,8). The van der Waals surface area contributed by atoms with Gasteiger partial charge in [0.25, 0.3) is 0 Å². The quantitative estimate of drug-likeness (QED) is 0.509. The second-order valence-corrected chi connectivity index (χ2v) is 2.60. The molecule has 0 amide bonds. The molecule has 1 rings (SSSR count). The average molecular weight is 173 g/mol. The van der Waals surface area contributed by atoms with Crippen molar-refractivity contribution in [2.75, 3.05) is 12.8 Å². The molecule has 6 heteroatoms. The van der Waals surface area contributed by atoms with Gasteiger partial charge in [0.2, 0.25) is 5.96 Å². The topological polar surface area (TPSA) is 60.8 Å². The number of nitrogens with one attached hydrogen (secondary N) is 3. The van der Waals surface area contributed by atoms with Crippen LogP contribution in [-0.4, -0.2) is 23.9 Å². The van der Waals surface area contributed by atoms with Crippen LogP contribution >= 0.6 is 11.8 Å². The Balaban J connectivity index is 2.47. The monoisotopic (exact) mass is 173 g/mol. The van der Waals surface area contributed by atoms with Crippen LogP contribution in [0.2, 0.25) is 0 Å². The molecule has 0 unspecified atom stereocenters. The third-order valence-corrected chi connectivity index (χ3v) is 1.64. The van der Waals surface area contributed by atoms with Gasteiger partial charge in [-0.25, -0.2) is 5.43 Å². The van der Waals surface area contributed by atoms with Gasteiger partial charge in [-0.15, -0.1) is 5.10 Å².